The maximum absolute atomic E-state index is 12.0. The predicted molar refractivity (Wildman–Crippen MR) is 52.8 cm³/mol. The summed E-state index contributed by atoms with van der Waals surface area (Å²) in [4.78, 5) is 13.9. The van der Waals surface area contributed by atoms with Crippen LogP contribution in [0.2, 0.25) is 0 Å². The highest BCUT2D eigenvalue weighted by atomic mass is 16.2. The number of hydrogen-bond donors (Lipinski definition) is 1. The van der Waals surface area contributed by atoms with Crippen LogP contribution in [0.4, 0.5) is 0 Å². The van der Waals surface area contributed by atoms with Crippen molar-refractivity contribution >= 4 is 5.91 Å². The van der Waals surface area contributed by atoms with Crippen LogP contribution in [0.3, 0.4) is 0 Å². The van der Waals surface area contributed by atoms with E-state index < -0.39 is 0 Å². The normalized spacial score (nSPS) is 29.2. The number of hydrogen-bond acceptors (Lipinski definition) is 2. The zero-order chi connectivity index (χ0) is 9.76. The van der Waals surface area contributed by atoms with Gasteiger partial charge in [-0.05, 0) is 13.0 Å². The molecule has 1 unspecified atom stereocenters. The first-order chi connectivity index (χ1) is 6.73. The first-order valence-electron chi connectivity index (χ1n) is 4.90. The van der Waals surface area contributed by atoms with E-state index in [1.54, 1.807) is 0 Å². The maximum atomic E-state index is 12.0. The summed E-state index contributed by atoms with van der Waals surface area (Å²) >= 11 is 0. The number of carbonyl (C=O) groups is 1. The Bertz CT molecular complexity index is 416. The number of carbonyl (C=O) groups excluding carboxylic acids is 1. The molecule has 1 fully saturated rings. The lowest BCUT2D eigenvalue weighted by atomic mass is 10.0. The largest absolute Gasteiger partial charge is 0.315 e. The minimum atomic E-state index is -0.256. The van der Waals surface area contributed by atoms with Gasteiger partial charge in [0.1, 0.15) is 5.66 Å². The Morgan fingerprint density at radius 3 is 3.07 bits per heavy atom. The van der Waals surface area contributed by atoms with Crippen molar-refractivity contribution in [2.75, 3.05) is 13.1 Å². The number of nitrogens with zero attached hydrogens (tertiary/aromatic N) is 1. The van der Waals surface area contributed by atoms with Crippen molar-refractivity contribution in [1.29, 1.82) is 0 Å². The Morgan fingerprint density at radius 1 is 1.43 bits per heavy atom. The van der Waals surface area contributed by atoms with Crippen LogP contribution in [0.5, 0.6) is 0 Å². The molecular formula is C11H12N2O. The summed E-state index contributed by atoms with van der Waals surface area (Å²) in [6.45, 7) is 3.77. The summed E-state index contributed by atoms with van der Waals surface area (Å²) in [7, 11) is 0. The van der Waals surface area contributed by atoms with Crippen molar-refractivity contribution < 1.29 is 4.79 Å². The molecule has 1 saturated heterocycles. The van der Waals surface area contributed by atoms with Gasteiger partial charge in [0, 0.05) is 24.2 Å². The molecular weight excluding hydrogens is 176 g/mol. The van der Waals surface area contributed by atoms with Gasteiger partial charge >= 0.3 is 0 Å². The van der Waals surface area contributed by atoms with Crippen LogP contribution in [0.25, 0.3) is 0 Å². The standard InChI is InChI=1S/C11H12N2O/c1-11-9-5-3-2-4-8(9)10(14)13(11)7-6-12-11/h2-5,12H,6-7H2,1H3. The van der Waals surface area contributed by atoms with Crippen molar-refractivity contribution in [3.05, 3.63) is 35.4 Å². The fourth-order valence-electron chi connectivity index (χ4n) is 2.51. The third kappa shape index (κ3) is 0.738. The molecule has 3 nitrogen and oxygen atoms in total. The second-order valence-electron chi connectivity index (χ2n) is 4.00. The number of fused-ring (bicyclic) bond motifs is 3. The van der Waals surface area contributed by atoms with Crippen LogP contribution in [-0.2, 0) is 5.66 Å². The number of rotatable bonds is 0. The van der Waals surface area contributed by atoms with Crippen molar-refractivity contribution in [1.82, 2.24) is 10.2 Å². The zero-order valence-electron chi connectivity index (χ0n) is 8.08. The van der Waals surface area contributed by atoms with E-state index >= 15 is 0 Å². The van der Waals surface area contributed by atoms with Crippen LogP contribution >= 0.6 is 0 Å². The van der Waals surface area contributed by atoms with E-state index in [0.717, 1.165) is 24.2 Å². The summed E-state index contributed by atoms with van der Waals surface area (Å²) in [6.07, 6.45) is 0. The van der Waals surface area contributed by atoms with Crippen molar-refractivity contribution in [2.24, 2.45) is 0 Å². The van der Waals surface area contributed by atoms with E-state index in [4.69, 9.17) is 0 Å². The van der Waals surface area contributed by atoms with Gasteiger partial charge in [-0.15, -0.1) is 0 Å². The van der Waals surface area contributed by atoms with E-state index in [9.17, 15) is 4.79 Å². The molecule has 0 saturated carbocycles. The molecule has 0 spiro atoms. The minimum absolute atomic E-state index is 0.160. The van der Waals surface area contributed by atoms with Crippen molar-refractivity contribution in [2.45, 2.75) is 12.6 Å². The number of amides is 1. The molecule has 1 aromatic rings. The van der Waals surface area contributed by atoms with E-state index in [1.807, 2.05) is 29.2 Å². The Kier molecular flexibility index (Phi) is 1.35. The molecule has 0 bridgehead atoms. The topological polar surface area (TPSA) is 32.3 Å². The SMILES string of the molecule is CC12NCCN1C(=O)c1ccccc12. The molecule has 2 aliphatic heterocycles. The third-order valence-electron chi connectivity index (χ3n) is 3.27. The predicted octanol–water partition coefficient (Wildman–Crippen LogP) is 0.918. The van der Waals surface area contributed by atoms with Gasteiger partial charge in [-0.25, -0.2) is 0 Å². The molecule has 0 aromatic heterocycles. The summed E-state index contributed by atoms with van der Waals surface area (Å²) in [6, 6.07) is 7.84. The van der Waals surface area contributed by atoms with Gasteiger partial charge in [-0.1, -0.05) is 18.2 Å². The van der Waals surface area contributed by atoms with E-state index in [-0.39, 0.29) is 11.6 Å². The highest BCUT2D eigenvalue weighted by Gasteiger charge is 2.48. The summed E-state index contributed by atoms with van der Waals surface area (Å²) < 4.78 is 0. The summed E-state index contributed by atoms with van der Waals surface area (Å²) in [5, 5.41) is 3.39. The molecule has 3 heteroatoms. The second-order valence-corrected chi connectivity index (χ2v) is 4.00. The Balaban J connectivity index is 2.26. The highest BCUT2D eigenvalue weighted by molar-refractivity contribution is 6.00. The average molecular weight is 188 g/mol. The first kappa shape index (κ1) is 8.00. The van der Waals surface area contributed by atoms with Crippen LogP contribution in [0, 0.1) is 0 Å². The van der Waals surface area contributed by atoms with Gasteiger partial charge in [0.2, 0.25) is 0 Å². The molecule has 2 heterocycles. The van der Waals surface area contributed by atoms with Crippen LogP contribution in [0.15, 0.2) is 24.3 Å². The fourth-order valence-corrected chi connectivity index (χ4v) is 2.51. The molecule has 1 amide bonds. The summed E-state index contributed by atoms with van der Waals surface area (Å²) in [5.41, 5.74) is 1.71. The lowest BCUT2D eigenvalue weighted by Gasteiger charge is -2.28. The Morgan fingerprint density at radius 2 is 2.21 bits per heavy atom. The van der Waals surface area contributed by atoms with Crippen LogP contribution < -0.4 is 5.32 Å². The van der Waals surface area contributed by atoms with Gasteiger partial charge < -0.3 is 4.90 Å². The molecule has 1 aromatic carbocycles. The fraction of sp³-hybridized carbons (Fsp3) is 0.364. The number of nitrogens with one attached hydrogen (secondary N) is 1. The monoisotopic (exact) mass is 188 g/mol. The van der Waals surface area contributed by atoms with Gasteiger partial charge in [0.15, 0.2) is 0 Å². The Labute approximate surface area is 82.7 Å². The Hall–Kier alpha value is -1.35. The molecule has 3 rings (SSSR count). The molecule has 72 valence electrons. The van der Waals surface area contributed by atoms with Gasteiger partial charge in [0.25, 0.3) is 5.91 Å². The molecule has 0 aliphatic carbocycles. The average Bonchev–Trinajstić information content (AvgIpc) is 2.67. The molecule has 0 radical (unpaired) electrons. The molecule has 1 atom stereocenters. The van der Waals surface area contributed by atoms with Gasteiger partial charge in [-0.2, -0.15) is 0 Å². The van der Waals surface area contributed by atoms with E-state index in [0.29, 0.717) is 0 Å². The first-order valence-corrected chi connectivity index (χ1v) is 4.90. The lowest BCUT2D eigenvalue weighted by Crippen LogP contribution is -2.42. The minimum Gasteiger partial charge on any atom is -0.315 e. The number of benzene rings is 1. The molecule has 14 heavy (non-hydrogen) atoms. The quantitative estimate of drug-likeness (QED) is 0.656. The van der Waals surface area contributed by atoms with Crippen LogP contribution in [-0.4, -0.2) is 23.9 Å². The molecule has 2 aliphatic rings. The second kappa shape index (κ2) is 2.36. The third-order valence-corrected chi connectivity index (χ3v) is 3.27. The smallest absolute Gasteiger partial charge is 0.256 e. The molecule has 1 N–H and O–H groups in total. The van der Waals surface area contributed by atoms with Crippen molar-refractivity contribution in [3.63, 3.8) is 0 Å². The van der Waals surface area contributed by atoms with Gasteiger partial charge in [-0.3, -0.25) is 10.1 Å². The highest BCUT2D eigenvalue weighted by Crippen LogP contribution is 2.38. The lowest BCUT2D eigenvalue weighted by molar-refractivity contribution is 0.0665. The van der Waals surface area contributed by atoms with E-state index in [1.165, 1.54) is 0 Å². The van der Waals surface area contributed by atoms with Crippen molar-refractivity contribution in [3.8, 4) is 0 Å². The zero-order valence-corrected chi connectivity index (χ0v) is 8.08. The van der Waals surface area contributed by atoms with E-state index in [2.05, 4.69) is 12.2 Å². The summed E-state index contributed by atoms with van der Waals surface area (Å²) in [5.74, 6) is 0.160. The van der Waals surface area contributed by atoms with Crippen LogP contribution in [0.1, 0.15) is 22.8 Å². The maximum Gasteiger partial charge on any atom is 0.256 e. The van der Waals surface area contributed by atoms with Gasteiger partial charge in [0.05, 0.1) is 0 Å².